The van der Waals surface area contributed by atoms with Gasteiger partial charge in [-0.3, -0.25) is 9.69 Å². The zero-order chi connectivity index (χ0) is 18.9. The summed E-state index contributed by atoms with van der Waals surface area (Å²) in [6, 6.07) is 3.89. The van der Waals surface area contributed by atoms with Crippen LogP contribution in [0.15, 0.2) is 12.1 Å². The molecular formula is C20H20N2O4. The fourth-order valence-electron chi connectivity index (χ4n) is 3.90. The molecule has 2 aliphatic rings. The Morgan fingerprint density at radius 1 is 0.846 bits per heavy atom. The van der Waals surface area contributed by atoms with Crippen molar-refractivity contribution >= 4 is 11.9 Å². The molecule has 134 valence electrons. The highest BCUT2D eigenvalue weighted by Crippen LogP contribution is 2.41. The summed E-state index contributed by atoms with van der Waals surface area (Å²) in [6.07, 6.45) is 1.23. The molecule has 0 saturated carbocycles. The van der Waals surface area contributed by atoms with Gasteiger partial charge in [0.2, 0.25) is 0 Å². The Bertz CT molecular complexity index is 758. The van der Waals surface area contributed by atoms with Crippen molar-refractivity contribution in [1.29, 1.82) is 0 Å². The predicted molar refractivity (Wildman–Crippen MR) is 93.2 cm³/mol. The highest BCUT2D eigenvalue weighted by Gasteiger charge is 2.55. The van der Waals surface area contributed by atoms with Crippen molar-refractivity contribution < 1.29 is 19.1 Å². The number of ether oxygens (including phenoxy) is 2. The van der Waals surface area contributed by atoms with Gasteiger partial charge in [0, 0.05) is 0 Å². The Labute approximate surface area is 152 Å². The summed E-state index contributed by atoms with van der Waals surface area (Å²) < 4.78 is 10.2. The van der Waals surface area contributed by atoms with Crippen molar-refractivity contribution in [2.75, 3.05) is 13.2 Å². The van der Waals surface area contributed by atoms with Crippen LogP contribution in [0.2, 0.25) is 0 Å². The molecule has 6 heteroatoms. The predicted octanol–water partition coefficient (Wildman–Crippen LogP) is 2.33. The van der Waals surface area contributed by atoms with Crippen LogP contribution in [0.4, 0.5) is 0 Å². The number of benzene rings is 1. The maximum absolute atomic E-state index is 12.3. The summed E-state index contributed by atoms with van der Waals surface area (Å²) in [6.45, 7) is 19.0. The monoisotopic (exact) mass is 352 g/mol. The van der Waals surface area contributed by atoms with Crippen LogP contribution in [0.25, 0.3) is 9.69 Å². The first-order valence-electron chi connectivity index (χ1n) is 8.69. The van der Waals surface area contributed by atoms with Crippen molar-refractivity contribution in [3.63, 3.8) is 0 Å². The lowest BCUT2D eigenvalue weighted by Gasteiger charge is -2.14. The summed E-state index contributed by atoms with van der Waals surface area (Å²) in [7, 11) is 0. The van der Waals surface area contributed by atoms with E-state index in [0.29, 0.717) is 25.7 Å². The van der Waals surface area contributed by atoms with Gasteiger partial charge in [-0.2, -0.15) is 0 Å². The SMILES string of the molecule is [C-]#[N+]C1(C(=O)OCC)Cc2cc3c(cc2C1)CC([N+]#[C-])(C(=O)OCC)C3. The number of carbonyl (C=O) groups is 2. The second-order valence-electron chi connectivity index (χ2n) is 6.82. The fraction of sp³-hybridized carbons (Fsp3) is 0.500. The van der Waals surface area contributed by atoms with Crippen molar-refractivity contribution in [1.82, 2.24) is 0 Å². The van der Waals surface area contributed by atoms with Gasteiger partial charge in [-0.1, -0.05) is 12.1 Å². The van der Waals surface area contributed by atoms with Gasteiger partial charge in [-0.05, 0) is 36.1 Å². The minimum absolute atomic E-state index is 0.246. The lowest BCUT2D eigenvalue weighted by Crippen LogP contribution is -2.38. The number of nitrogens with zero attached hydrogens (tertiary/aromatic N) is 2. The van der Waals surface area contributed by atoms with Crippen molar-refractivity contribution in [2.45, 2.75) is 50.6 Å². The third-order valence-corrected chi connectivity index (χ3v) is 5.19. The van der Waals surface area contributed by atoms with Crippen molar-refractivity contribution in [2.24, 2.45) is 0 Å². The summed E-state index contributed by atoms with van der Waals surface area (Å²) >= 11 is 0. The molecule has 3 rings (SSSR count). The zero-order valence-corrected chi connectivity index (χ0v) is 14.9. The summed E-state index contributed by atoms with van der Waals surface area (Å²) in [5.74, 6) is -0.957. The van der Waals surface area contributed by atoms with E-state index in [1.165, 1.54) is 0 Å². The largest absolute Gasteiger partial charge is 0.460 e. The Hall–Kier alpha value is -2.86. The zero-order valence-electron chi connectivity index (χ0n) is 14.9. The molecule has 0 atom stereocenters. The molecule has 0 amide bonds. The van der Waals surface area contributed by atoms with E-state index in [1.807, 2.05) is 12.1 Å². The molecule has 0 spiro atoms. The van der Waals surface area contributed by atoms with Gasteiger partial charge in [0.05, 0.1) is 38.9 Å². The topological polar surface area (TPSA) is 61.3 Å². The maximum Gasteiger partial charge on any atom is 0.394 e. The van der Waals surface area contributed by atoms with Crippen LogP contribution in [0, 0.1) is 13.1 Å². The normalized spacial score (nSPS) is 18.2. The molecule has 0 aliphatic heterocycles. The van der Waals surface area contributed by atoms with Crippen LogP contribution >= 0.6 is 0 Å². The Morgan fingerprint density at radius 3 is 1.38 bits per heavy atom. The average molecular weight is 352 g/mol. The third-order valence-electron chi connectivity index (χ3n) is 5.19. The molecule has 0 bridgehead atoms. The molecule has 2 aliphatic carbocycles. The maximum atomic E-state index is 12.3. The summed E-state index contributed by atoms with van der Waals surface area (Å²) in [5.41, 5.74) is 1.33. The highest BCUT2D eigenvalue weighted by atomic mass is 16.5. The van der Waals surface area contributed by atoms with Gasteiger partial charge >= 0.3 is 23.0 Å². The van der Waals surface area contributed by atoms with E-state index >= 15 is 0 Å². The average Bonchev–Trinajstić information content (AvgIpc) is 3.18. The second kappa shape index (κ2) is 6.46. The van der Waals surface area contributed by atoms with E-state index in [1.54, 1.807) is 13.8 Å². The van der Waals surface area contributed by atoms with E-state index in [9.17, 15) is 9.59 Å². The first kappa shape index (κ1) is 17.9. The number of rotatable bonds is 4. The van der Waals surface area contributed by atoms with Crippen LogP contribution in [0.3, 0.4) is 0 Å². The Balaban J connectivity index is 1.90. The van der Waals surface area contributed by atoms with E-state index in [-0.39, 0.29) is 13.2 Å². The fourth-order valence-corrected chi connectivity index (χ4v) is 3.90. The minimum Gasteiger partial charge on any atom is -0.460 e. The third kappa shape index (κ3) is 2.63. The smallest absolute Gasteiger partial charge is 0.394 e. The van der Waals surface area contributed by atoms with E-state index in [2.05, 4.69) is 9.69 Å². The van der Waals surface area contributed by atoms with E-state index in [4.69, 9.17) is 22.6 Å². The number of carbonyl (C=O) groups excluding carboxylic acids is 2. The van der Waals surface area contributed by atoms with Gasteiger partial charge in [0.1, 0.15) is 0 Å². The van der Waals surface area contributed by atoms with Gasteiger partial charge in [-0.25, -0.2) is 22.7 Å². The van der Waals surface area contributed by atoms with Crippen LogP contribution in [0.5, 0.6) is 0 Å². The first-order chi connectivity index (χ1) is 12.4. The standard InChI is InChI=1S/C20H20N2O4/c1-5-25-17(23)19(21-3)9-13-7-15-11-20(22-4,18(24)26-6-2)12-16(15)8-14(13)10-19/h7-8H,5-6,9-12H2,1-2H3. The van der Waals surface area contributed by atoms with Crippen LogP contribution < -0.4 is 0 Å². The lowest BCUT2D eigenvalue weighted by atomic mass is 9.95. The number of esters is 2. The molecular weight excluding hydrogens is 332 g/mol. The Kier molecular flexibility index (Phi) is 4.46. The van der Waals surface area contributed by atoms with Gasteiger partial charge in [0.15, 0.2) is 0 Å². The van der Waals surface area contributed by atoms with Crippen LogP contribution in [-0.4, -0.2) is 36.2 Å². The van der Waals surface area contributed by atoms with Crippen LogP contribution in [0.1, 0.15) is 36.1 Å². The Morgan fingerprint density at radius 2 is 1.15 bits per heavy atom. The van der Waals surface area contributed by atoms with Gasteiger partial charge < -0.3 is 9.47 Å². The number of fused-ring (bicyclic) bond motifs is 2. The molecule has 26 heavy (non-hydrogen) atoms. The molecule has 0 radical (unpaired) electrons. The molecule has 0 aromatic heterocycles. The molecule has 1 aromatic rings. The molecule has 6 nitrogen and oxygen atoms in total. The van der Waals surface area contributed by atoms with Crippen molar-refractivity contribution in [3.05, 3.63) is 57.2 Å². The number of hydrogen-bond acceptors (Lipinski definition) is 4. The lowest BCUT2D eigenvalue weighted by molar-refractivity contribution is -0.148. The summed E-state index contributed by atoms with van der Waals surface area (Å²) in [5, 5.41) is 0. The first-order valence-corrected chi connectivity index (χ1v) is 8.69. The molecule has 0 N–H and O–H groups in total. The van der Waals surface area contributed by atoms with Gasteiger partial charge in [-0.15, -0.1) is 0 Å². The molecule has 1 aromatic carbocycles. The second-order valence-corrected chi connectivity index (χ2v) is 6.82. The van der Waals surface area contributed by atoms with Crippen molar-refractivity contribution in [3.8, 4) is 0 Å². The minimum atomic E-state index is -1.19. The molecule has 0 heterocycles. The molecule has 0 saturated heterocycles. The quantitative estimate of drug-likeness (QED) is 0.616. The van der Waals surface area contributed by atoms with E-state index in [0.717, 1.165) is 22.3 Å². The van der Waals surface area contributed by atoms with Gasteiger partial charge in [0.25, 0.3) is 0 Å². The number of hydrogen-bond donors (Lipinski definition) is 0. The van der Waals surface area contributed by atoms with E-state index < -0.39 is 23.0 Å². The molecule has 0 fully saturated rings. The van der Waals surface area contributed by atoms with Crippen LogP contribution in [-0.2, 0) is 44.7 Å². The molecule has 0 unspecified atom stereocenters. The highest BCUT2D eigenvalue weighted by molar-refractivity contribution is 5.87. The summed E-state index contributed by atoms with van der Waals surface area (Å²) in [4.78, 5) is 31.8.